The molecule has 26 heavy (non-hydrogen) atoms. The molecular weight excluding hydrogens is 403 g/mol. The third-order valence-electron chi connectivity index (χ3n) is 4.21. The molecule has 138 valence electrons. The minimum atomic E-state index is -1.21. The molecule has 1 N–H and O–H groups in total. The Morgan fingerprint density at radius 1 is 1.31 bits per heavy atom. The number of aryl methyl sites for hydroxylation is 1. The van der Waals surface area contributed by atoms with Crippen LogP contribution in [-0.4, -0.2) is 24.3 Å². The smallest absolute Gasteiger partial charge is 0.269 e. The fraction of sp³-hybridized carbons (Fsp3) is 0.389. The monoisotopic (exact) mass is 422 g/mol. The van der Waals surface area contributed by atoms with Gasteiger partial charge < -0.3 is 5.11 Å². The quantitative estimate of drug-likeness (QED) is 0.702. The molecule has 0 aliphatic carbocycles. The molecule has 0 saturated heterocycles. The van der Waals surface area contributed by atoms with Crippen molar-refractivity contribution in [2.45, 2.75) is 39.2 Å². The van der Waals surface area contributed by atoms with Crippen molar-refractivity contribution in [2.24, 2.45) is 7.05 Å². The molecule has 8 heteroatoms. The lowest BCUT2D eigenvalue weighted by Gasteiger charge is -2.14. The average molecular weight is 423 g/mol. The van der Waals surface area contributed by atoms with E-state index in [9.17, 15) is 14.3 Å². The minimum absolute atomic E-state index is 0.129. The summed E-state index contributed by atoms with van der Waals surface area (Å²) in [5.41, 5.74) is 0.136. The topological polar surface area (TPSA) is 72.4 Å². The molecule has 0 spiro atoms. The lowest BCUT2D eigenvalue weighted by atomic mass is 10.0. The highest BCUT2D eigenvalue weighted by molar-refractivity contribution is 9.10. The van der Waals surface area contributed by atoms with Crippen molar-refractivity contribution < 1.29 is 9.50 Å². The predicted molar refractivity (Wildman–Crippen MR) is 101 cm³/mol. The summed E-state index contributed by atoms with van der Waals surface area (Å²) >= 11 is 3.25. The van der Waals surface area contributed by atoms with Crippen LogP contribution in [0.3, 0.4) is 0 Å². The van der Waals surface area contributed by atoms with Crippen molar-refractivity contribution in [1.29, 1.82) is 0 Å². The van der Waals surface area contributed by atoms with Crippen LogP contribution < -0.4 is 5.56 Å². The summed E-state index contributed by atoms with van der Waals surface area (Å²) in [5.74, 6) is 0.00268. The van der Waals surface area contributed by atoms with Crippen molar-refractivity contribution >= 4 is 21.4 Å². The SMILES string of the molecule is CC(C)c1cc(Br)c(=O)n2cc(F)c(-c3nc(C(C)(C)O)n(C)n3)cc12. The van der Waals surface area contributed by atoms with Crippen LogP contribution in [0.15, 0.2) is 27.6 Å². The van der Waals surface area contributed by atoms with E-state index in [4.69, 9.17) is 0 Å². The maximum absolute atomic E-state index is 14.8. The summed E-state index contributed by atoms with van der Waals surface area (Å²) in [7, 11) is 1.64. The first-order valence-corrected chi connectivity index (χ1v) is 8.98. The molecule has 6 nitrogen and oxygen atoms in total. The van der Waals surface area contributed by atoms with Gasteiger partial charge in [0.15, 0.2) is 17.5 Å². The van der Waals surface area contributed by atoms with E-state index in [1.165, 1.54) is 9.08 Å². The van der Waals surface area contributed by atoms with E-state index in [0.29, 0.717) is 15.8 Å². The number of aliphatic hydroxyl groups is 1. The summed E-state index contributed by atoms with van der Waals surface area (Å²) in [4.78, 5) is 16.7. The van der Waals surface area contributed by atoms with E-state index in [1.807, 2.05) is 13.8 Å². The second kappa shape index (κ2) is 6.28. The van der Waals surface area contributed by atoms with Crippen LogP contribution in [0.1, 0.15) is 45.0 Å². The highest BCUT2D eigenvalue weighted by atomic mass is 79.9. The number of fused-ring (bicyclic) bond motifs is 1. The second-order valence-electron chi connectivity index (χ2n) is 7.14. The molecule has 3 aromatic heterocycles. The zero-order chi connectivity index (χ0) is 19.4. The Balaban J connectivity index is 2.32. The molecule has 0 saturated carbocycles. The number of hydrogen-bond acceptors (Lipinski definition) is 4. The molecule has 3 aromatic rings. The molecule has 3 heterocycles. The maximum Gasteiger partial charge on any atom is 0.269 e. The Morgan fingerprint density at radius 2 is 1.96 bits per heavy atom. The second-order valence-corrected chi connectivity index (χ2v) is 7.99. The fourth-order valence-corrected chi connectivity index (χ4v) is 3.41. The van der Waals surface area contributed by atoms with Gasteiger partial charge >= 0.3 is 0 Å². The Hall–Kier alpha value is -2.06. The zero-order valence-electron chi connectivity index (χ0n) is 15.2. The van der Waals surface area contributed by atoms with Gasteiger partial charge in [-0.05, 0) is 53.4 Å². The van der Waals surface area contributed by atoms with Gasteiger partial charge in [-0.25, -0.2) is 14.1 Å². The van der Waals surface area contributed by atoms with Gasteiger partial charge in [0, 0.05) is 13.2 Å². The van der Waals surface area contributed by atoms with Crippen LogP contribution in [0.5, 0.6) is 0 Å². The number of hydrogen-bond donors (Lipinski definition) is 1. The normalized spacial score (nSPS) is 12.3. The van der Waals surface area contributed by atoms with Gasteiger partial charge in [0.05, 0.1) is 15.6 Å². The summed E-state index contributed by atoms with van der Waals surface area (Å²) in [6.45, 7) is 7.18. The molecule has 0 bridgehead atoms. The van der Waals surface area contributed by atoms with Gasteiger partial charge in [0.25, 0.3) is 5.56 Å². The molecule has 0 radical (unpaired) electrons. The van der Waals surface area contributed by atoms with Gasteiger partial charge in [-0.15, -0.1) is 0 Å². The molecule has 0 aromatic carbocycles. The molecule has 0 amide bonds. The Labute approximate surface area is 158 Å². The van der Waals surface area contributed by atoms with E-state index in [1.54, 1.807) is 33.0 Å². The van der Waals surface area contributed by atoms with Crippen molar-refractivity contribution in [2.75, 3.05) is 0 Å². The van der Waals surface area contributed by atoms with E-state index < -0.39 is 11.4 Å². The predicted octanol–water partition coefficient (Wildman–Crippen LogP) is 3.35. The Morgan fingerprint density at radius 3 is 2.50 bits per heavy atom. The van der Waals surface area contributed by atoms with Crippen molar-refractivity contribution in [3.05, 3.63) is 50.4 Å². The summed E-state index contributed by atoms with van der Waals surface area (Å²) in [5, 5.41) is 14.4. The highest BCUT2D eigenvalue weighted by Gasteiger charge is 2.25. The number of nitrogens with zero attached hydrogens (tertiary/aromatic N) is 4. The van der Waals surface area contributed by atoms with Crippen LogP contribution in [0.2, 0.25) is 0 Å². The average Bonchev–Trinajstić information content (AvgIpc) is 2.92. The van der Waals surface area contributed by atoms with Crippen LogP contribution in [0, 0.1) is 5.82 Å². The van der Waals surface area contributed by atoms with Crippen molar-refractivity contribution in [3.8, 4) is 11.4 Å². The minimum Gasteiger partial charge on any atom is -0.382 e. The van der Waals surface area contributed by atoms with E-state index >= 15 is 0 Å². The molecule has 0 aliphatic heterocycles. The van der Waals surface area contributed by atoms with E-state index in [0.717, 1.165) is 11.8 Å². The van der Waals surface area contributed by atoms with Gasteiger partial charge in [-0.1, -0.05) is 13.8 Å². The van der Waals surface area contributed by atoms with Crippen LogP contribution >= 0.6 is 15.9 Å². The van der Waals surface area contributed by atoms with Gasteiger partial charge in [-0.3, -0.25) is 9.20 Å². The third-order valence-corrected chi connectivity index (χ3v) is 4.78. The van der Waals surface area contributed by atoms with Crippen LogP contribution in [-0.2, 0) is 12.6 Å². The molecule has 0 atom stereocenters. The van der Waals surface area contributed by atoms with Crippen LogP contribution in [0.25, 0.3) is 16.9 Å². The summed E-state index contributed by atoms with van der Waals surface area (Å²) in [6, 6.07) is 3.35. The molecule has 0 aliphatic rings. The van der Waals surface area contributed by atoms with Crippen LogP contribution in [0.4, 0.5) is 4.39 Å². The molecule has 3 rings (SSSR count). The molecular formula is C18H20BrFN4O2. The first-order valence-electron chi connectivity index (χ1n) is 8.19. The molecule has 0 fully saturated rings. The zero-order valence-corrected chi connectivity index (χ0v) is 16.8. The first-order chi connectivity index (χ1) is 12.0. The number of pyridine rings is 2. The Bertz CT molecular complexity index is 1060. The summed E-state index contributed by atoms with van der Waals surface area (Å²) in [6.07, 6.45) is 1.16. The van der Waals surface area contributed by atoms with E-state index in [-0.39, 0.29) is 22.9 Å². The Kier molecular flexibility index (Phi) is 4.52. The van der Waals surface area contributed by atoms with Gasteiger partial charge in [0.2, 0.25) is 0 Å². The van der Waals surface area contributed by atoms with Gasteiger partial charge in [-0.2, -0.15) is 5.10 Å². The first kappa shape index (κ1) is 18.7. The van der Waals surface area contributed by atoms with Crippen molar-refractivity contribution in [1.82, 2.24) is 19.2 Å². The fourth-order valence-electron chi connectivity index (χ4n) is 2.97. The maximum atomic E-state index is 14.8. The summed E-state index contributed by atoms with van der Waals surface area (Å²) < 4.78 is 17.9. The standard InChI is InChI=1S/C18H20BrFN4O2/c1-9(2)10-6-12(19)16(25)24-8-13(20)11(7-14(10)24)15-21-17(18(3,4)26)23(5)22-15/h6-9,26H,1-5H3. The van der Waals surface area contributed by atoms with Crippen molar-refractivity contribution in [3.63, 3.8) is 0 Å². The lowest BCUT2D eigenvalue weighted by molar-refractivity contribution is 0.0648. The van der Waals surface area contributed by atoms with Gasteiger partial charge in [0.1, 0.15) is 5.60 Å². The number of halogens is 2. The lowest BCUT2D eigenvalue weighted by Crippen LogP contribution is -2.21. The molecule has 0 unspecified atom stereocenters. The largest absolute Gasteiger partial charge is 0.382 e. The third kappa shape index (κ3) is 3.07. The highest BCUT2D eigenvalue weighted by Crippen LogP contribution is 2.28. The van der Waals surface area contributed by atoms with E-state index in [2.05, 4.69) is 26.0 Å². The number of rotatable bonds is 3. The number of aromatic nitrogens is 4.